The molecule has 30 heavy (non-hydrogen) atoms. The molecule has 0 bridgehead atoms. The molecule has 2 N–H and O–H groups in total. The van der Waals surface area contributed by atoms with Gasteiger partial charge in [0, 0.05) is 29.0 Å². The number of amides is 1. The van der Waals surface area contributed by atoms with E-state index >= 15 is 0 Å². The largest absolute Gasteiger partial charge is 0.465 e. The average molecular weight is 398 g/mol. The zero-order valence-corrected chi connectivity index (χ0v) is 16.1. The van der Waals surface area contributed by atoms with Gasteiger partial charge in [-0.15, -0.1) is 0 Å². The van der Waals surface area contributed by atoms with Crippen molar-refractivity contribution in [1.82, 2.24) is 9.97 Å². The van der Waals surface area contributed by atoms with Crippen LogP contribution in [0.15, 0.2) is 79.1 Å². The molecular weight excluding hydrogens is 380 g/mol. The first-order valence-electron chi connectivity index (χ1n) is 9.20. The van der Waals surface area contributed by atoms with Gasteiger partial charge in [0.1, 0.15) is 5.82 Å². The number of pyridine rings is 2. The predicted octanol–water partition coefficient (Wildman–Crippen LogP) is 4.41. The molecule has 7 heteroatoms. The van der Waals surface area contributed by atoms with Crippen molar-refractivity contribution in [3.05, 3.63) is 90.3 Å². The van der Waals surface area contributed by atoms with Crippen molar-refractivity contribution in [3.8, 4) is 0 Å². The molecule has 1 amide bonds. The summed E-state index contributed by atoms with van der Waals surface area (Å²) in [4.78, 5) is 32.9. The van der Waals surface area contributed by atoms with Gasteiger partial charge in [-0.1, -0.05) is 18.2 Å². The van der Waals surface area contributed by atoms with E-state index in [0.717, 1.165) is 16.6 Å². The average Bonchev–Trinajstić information content (AvgIpc) is 2.79. The number of benzene rings is 2. The molecule has 2 aromatic heterocycles. The Morgan fingerprint density at radius 2 is 1.67 bits per heavy atom. The molecule has 7 nitrogen and oxygen atoms in total. The number of carbonyl (C=O) groups is 2. The first kappa shape index (κ1) is 19.1. The lowest BCUT2D eigenvalue weighted by Crippen LogP contribution is -2.13. The smallest absolute Gasteiger partial charge is 0.337 e. The Bertz CT molecular complexity index is 1220. The Morgan fingerprint density at radius 1 is 0.867 bits per heavy atom. The summed E-state index contributed by atoms with van der Waals surface area (Å²) >= 11 is 0. The molecule has 0 aliphatic heterocycles. The lowest BCUT2D eigenvalue weighted by Gasteiger charge is -2.10. The monoisotopic (exact) mass is 398 g/mol. The van der Waals surface area contributed by atoms with Crippen LogP contribution < -0.4 is 10.6 Å². The van der Waals surface area contributed by atoms with Crippen LogP contribution in [-0.4, -0.2) is 29.0 Å². The van der Waals surface area contributed by atoms with E-state index in [2.05, 4.69) is 20.6 Å². The third-order valence-electron chi connectivity index (χ3n) is 4.48. The minimum Gasteiger partial charge on any atom is -0.465 e. The molecule has 2 aromatic carbocycles. The fraction of sp³-hybridized carbons (Fsp3) is 0.0435. The summed E-state index contributed by atoms with van der Waals surface area (Å²) in [5, 5.41) is 6.98. The zero-order valence-electron chi connectivity index (χ0n) is 16.1. The number of hydrogen-bond donors (Lipinski definition) is 2. The van der Waals surface area contributed by atoms with Crippen LogP contribution in [0.5, 0.6) is 0 Å². The second kappa shape index (κ2) is 8.40. The van der Waals surface area contributed by atoms with Crippen molar-refractivity contribution in [2.24, 2.45) is 0 Å². The number of anilines is 3. The number of aromatic nitrogens is 2. The van der Waals surface area contributed by atoms with Crippen molar-refractivity contribution < 1.29 is 14.3 Å². The maximum absolute atomic E-state index is 12.8. The van der Waals surface area contributed by atoms with Gasteiger partial charge in [0.2, 0.25) is 0 Å². The van der Waals surface area contributed by atoms with E-state index in [1.54, 1.807) is 48.8 Å². The zero-order chi connectivity index (χ0) is 20.9. The van der Waals surface area contributed by atoms with Gasteiger partial charge in [-0.25, -0.2) is 9.78 Å². The van der Waals surface area contributed by atoms with E-state index in [-0.39, 0.29) is 5.91 Å². The molecule has 0 saturated heterocycles. The highest BCUT2D eigenvalue weighted by molar-refractivity contribution is 6.08. The molecule has 0 unspecified atom stereocenters. The van der Waals surface area contributed by atoms with Gasteiger partial charge in [-0.3, -0.25) is 9.78 Å². The van der Waals surface area contributed by atoms with Crippen molar-refractivity contribution in [1.29, 1.82) is 0 Å². The van der Waals surface area contributed by atoms with Gasteiger partial charge in [0.15, 0.2) is 0 Å². The molecule has 0 saturated carbocycles. The van der Waals surface area contributed by atoms with Crippen molar-refractivity contribution in [2.45, 2.75) is 0 Å². The fourth-order valence-corrected chi connectivity index (χ4v) is 3.00. The molecule has 0 aliphatic rings. The Labute approximate surface area is 172 Å². The topological polar surface area (TPSA) is 93.2 Å². The molecule has 0 atom stereocenters. The molecule has 2 heterocycles. The Morgan fingerprint density at radius 3 is 2.47 bits per heavy atom. The van der Waals surface area contributed by atoms with Gasteiger partial charge < -0.3 is 15.4 Å². The number of para-hydroxylation sites is 1. The molecule has 4 aromatic rings. The maximum atomic E-state index is 12.8. The lowest BCUT2D eigenvalue weighted by molar-refractivity contribution is 0.0600. The van der Waals surface area contributed by atoms with Crippen LogP contribution in [0.2, 0.25) is 0 Å². The van der Waals surface area contributed by atoms with Crippen molar-refractivity contribution in [2.75, 3.05) is 17.7 Å². The minimum absolute atomic E-state index is 0.264. The van der Waals surface area contributed by atoms with Gasteiger partial charge in [-0.2, -0.15) is 0 Å². The number of fused-ring (bicyclic) bond motifs is 1. The highest BCUT2D eigenvalue weighted by atomic mass is 16.5. The van der Waals surface area contributed by atoms with E-state index in [1.165, 1.54) is 7.11 Å². The number of hydrogen-bond acceptors (Lipinski definition) is 6. The summed E-state index contributed by atoms with van der Waals surface area (Å²) in [5.74, 6) is -0.162. The van der Waals surface area contributed by atoms with Crippen LogP contribution in [0, 0.1) is 0 Å². The van der Waals surface area contributed by atoms with E-state index in [9.17, 15) is 9.59 Å². The SMILES string of the molecule is COC(=O)c1ccc(Nc2cc(C(=O)Nc3cccc4cccnc34)ccn2)cc1. The first-order valence-corrected chi connectivity index (χ1v) is 9.20. The third-order valence-corrected chi connectivity index (χ3v) is 4.48. The van der Waals surface area contributed by atoms with Crippen LogP contribution in [-0.2, 0) is 4.74 Å². The molecule has 0 fully saturated rings. The summed E-state index contributed by atoms with van der Waals surface area (Å²) in [7, 11) is 1.34. The van der Waals surface area contributed by atoms with E-state index in [1.807, 2.05) is 30.3 Å². The number of nitrogens with one attached hydrogen (secondary N) is 2. The van der Waals surface area contributed by atoms with Crippen LogP contribution in [0.4, 0.5) is 17.2 Å². The number of methoxy groups -OCH3 is 1. The molecular formula is C23H18N4O3. The van der Waals surface area contributed by atoms with Crippen molar-refractivity contribution >= 4 is 40.0 Å². The van der Waals surface area contributed by atoms with Crippen LogP contribution in [0.25, 0.3) is 10.9 Å². The standard InChI is InChI=1S/C23H18N4O3/c1-30-23(29)16-7-9-18(10-8-16)26-20-14-17(11-13-24-20)22(28)27-19-6-2-4-15-5-3-12-25-21(15)19/h2-14H,1H3,(H,24,26)(H,27,28). The third kappa shape index (κ3) is 4.10. The highest BCUT2D eigenvalue weighted by Gasteiger charge is 2.11. The molecule has 0 radical (unpaired) electrons. The number of rotatable bonds is 5. The molecule has 0 aliphatic carbocycles. The second-order valence-corrected chi connectivity index (χ2v) is 6.46. The fourth-order valence-electron chi connectivity index (χ4n) is 3.00. The molecule has 0 spiro atoms. The summed E-state index contributed by atoms with van der Waals surface area (Å²) in [6.45, 7) is 0. The Balaban J connectivity index is 1.51. The summed E-state index contributed by atoms with van der Waals surface area (Å²) in [6, 6.07) is 19.5. The number of nitrogens with zero attached hydrogens (tertiary/aromatic N) is 2. The van der Waals surface area contributed by atoms with E-state index in [0.29, 0.717) is 22.6 Å². The molecule has 148 valence electrons. The van der Waals surface area contributed by atoms with Crippen LogP contribution in [0.1, 0.15) is 20.7 Å². The summed E-state index contributed by atoms with van der Waals surface area (Å²) in [5.41, 5.74) is 3.00. The van der Waals surface area contributed by atoms with Crippen molar-refractivity contribution in [3.63, 3.8) is 0 Å². The van der Waals surface area contributed by atoms with Crippen LogP contribution in [0.3, 0.4) is 0 Å². The Kier molecular flexibility index (Phi) is 5.34. The normalized spacial score (nSPS) is 10.4. The first-order chi connectivity index (χ1) is 14.6. The number of carbonyl (C=O) groups excluding carboxylic acids is 2. The quantitative estimate of drug-likeness (QED) is 0.484. The highest BCUT2D eigenvalue weighted by Crippen LogP contribution is 2.22. The van der Waals surface area contributed by atoms with Crippen LogP contribution >= 0.6 is 0 Å². The minimum atomic E-state index is -0.402. The van der Waals surface area contributed by atoms with Gasteiger partial charge >= 0.3 is 5.97 Å². The maximum Gasteiger partial charge on any atom is 0.337 e. The van der Waals surface area contributed by atoms with Gasteiger partial charge in [0.25, 0.3) is 5.91 Å². The summed E-state index contributed by atoms with van der Waals surface area (Å²) < 4.78 is 4.69. The predicted molar refractivity (Wildman–Crippen MR) is 115 cm³/mol. The lowest BCUT2D eigenvalue weighted by atomic mass is 10.1. The number of ether oxygens (including phenoxy) is 1. The van der Waals surface area contributed by atoms with E-state index < -0.39 is 5.97 Å². The number of esters is 1. The molecule has 4 rings (SSSR count). The summed E-state index contributed by atoms with van der Waals surface area (Å²) in [6.07, 6.45) is 3.25. The van der Waals surface area contributed by atoms with Gasteiger partial charge in [0.05, 0.1) is 23.9 Å². The second-order valence-electron chi connectivity index (χ2n) is 6.46. The van der Waals surface area contributed by atoms with Gasteiger partial charge in [-0.05, 0) is 48.5 Å². The Hall–Kier alpha value is -4.26. The van der Waals surface area contributed by atoms with E-state index in [4.69, 9.17) is 4.74 Å².